The zero-order valence-electron chi connectivity index (χ0n) is 11.4. The Morgan fingerprint density at radius 1 is 1.60 bits per heavy atom. The Kier molecular flexibility index (Phi) is 5.04. The van der Waals surface area contributed by atoms with E-state index in [-0.39, 0.29) is 6.10 Å². The summed E-state index contributed by atoms with van der Waals surface area (Å²) in [7, 11) is 0. The fraction of sp³-hybridized carbons (Fsp3) is 0.400. The molecule has 108 valence electrons. The van der Waals surface area contributed by atoms with Gasteiger partial charge in [0.25, 0.3) is 0 Å². The number of hydrogen-bond donors (Lipinski definition) is 1. The van der Waals surface area contributed by atoms with E-state index in [1.54, 1.807) is 0 Å². The molecule has 1 aromatic rings. The van der Waals surface area contributed by atoms with Crippen LogP contribution in [0.1, 0.15) is 18.9 Å². The lowest BCUT2D eigenvalue weighted by molar-refractivity contribution is -0.131. The van der Waals surface area contributed by atoms with Gasteiger partial charge in [-0.3, -0.25) is 0 Å². The van der Waals surface area contributed by atoms with Gasteiger partial charge < -0.3 is 14.7 Å². The molecule has 1 aromatic carbocycles. The predicted molar refractivity (Wildman–Crippen MR) is 80.4 cm³/mol. The van der Waals surface area contributed by atoms with Gasteiger partial charge in [-0.15, -0.1) is 0 Å². The number of hydrogen-bond acceptors (Lipinski definition) is 3. The summed E-state index contributed by atoms with van der Waals surface area (Å²) < 4.78 is 5.65. The van der Waals surface area contributed by atoms with Gasteiger partial charge in [0.15, 0.2) is 0 Å². The van der Waals surface area contributed by atoms with Crippen molar-refractivity contribution in [1.82, 2.24) is 0 Å². The molecule has 1 aliphatic heterocycles. The van der Waals surface area contributed by atoms with E-state index in [9.17, 15) is 4.79 Å². The van der Waals surface area contributed by atoms with Gasteiger partial charge in [-0.2, -0.15) is 0 Å². The minimum absolute atomic E-state index is 0.258. The highest BCUT2D eigenvalue weighted by Crippen LogP contribution is 2.26. The van der Waals surface area contributed by atoms with Crippen LogP contribution in [0.25, 0.3) is 6.08 Å². The number of benzene rings is 1. The van der Waals surface area contributed by atoms with Crippen LogP contribution in [0.3, 0.4) is 0 Å². The summed E-state index contributed by atoms with van der Waals surface area (Å²) in [5, 5.41) is 9.18. The number of aliphatic carboxylic acids is 1. The first-order valence-electron chi connectivity index (χ1n) is 6.67. The van der Waals surface area contributed by atoms with E-state index in [1.807, 2.05) is 18.2 Å². The molecule has 0 bridgehead atoms. The molecule has 1 saturated heterocycles. The predicted octanol–water partition coefficient (Wildman–Crippen LogP) is 3.05. The number of carboxylic acids is 1. The van der Waals surface area contributed by atoms with Crippen molar-refractivity contribution >= 4 is 29.3 Å². The molecule has 20 heavy (non-hydrogen) atoms. The smallest absolute Gasteiger partial charge is 0.328 e. The van der Waals surface area contributed by atoms with Crippen molar-refractivity contribution in [2.45, 2.75) is 19.4 Å². The molecule has 5 heteroatoms. The van der Waals surface area contributed by atoms with E-state index < -0.39 is 5.97 Å². The molecule has 0 amide bonds. The van der Waals surface area contributed by atoms with Gasteiger partial charge in [0.05, 0.1) is 12.7 Å². The normalized spacial score (nSPS) is 19.5. The van der Waals surface area contributed by atoms with Crippen LogP contribution in [-0.4, -0.2) is 36.9 Å². The average Bonchev–Trinajstić information content (AvgIpc) is 2.46. The van der Waals surface area contributed by atoms with Gasteiger partial charge in [-0.1, -0.05) is 24.6 Å². The third-order valence-electron chi connectivity index (χ3n) is 3.35. The third kappa shape index (κ3) is 3.74. The average molecular weight is 296 g/mol. The lowest BCUT2D eigenvalue weighted by atomic mass is 10.1. The number of carboxylic acid groups (broad SMARTS) is 1. The molecule has 1 unspecified atom stereocenters. The van der Waals surface area contributed by atoms with E-state index in [2.05, 4.69) is 11.8 Å². The fourth-order valence-corrected chi connectivity index (χ4v) is 2.45. The highest BCUT2D eigenvalue weighted by molar-refractivity contribution is 6.32. The van der Waals surface area contributed by atoms with Crippen molar-refractivity contribution in [3.8, 4) is 0 Å². The van der Waals surface area contributed by atoms with Crippen molar-refractivity contribution in [2.75, 3.05) is 24.6 Å². The molecule has 1 atom stereocenters. The van der Waals surface area contributed by atoms with Gasteiger partial charge in [-0.05, 0) is 30.2 Å². The topological polar surface area (TPSA) is 49.8 Å². The summed E-state index contributed by atoms with van der Waals surface area (Å²) in [6.45, 7) is 4.53. The number of nitrogens with zero attached hydrogens (tertiary/aromatic N) is 1. The highest BCUT2D eigenvalue weighted by Gasteiger charge is 2.19. The Bertz CT molecular complexity index is 516. The van der Waals surface area contributed by atoms with E-state index in [4.69, 9.17) is 21.4 Å². The van der Waals surface area contributed by atoms with Crippen LogP contribution in [0.4, 0.5) is 5.69 Å². The Balaban J connectivity index is 2.14. The molecule has 1 aliphatic rings. The number of halogens is 1. The second-order valence-corrected chi connectivity index (χ2v) is 5.13. The molecule has 1 heterocycles. The van der Waals surface area contributed by atoms with Gasteiger partial charge in [0.2, 0.25) is 0 Å². The minimum Gasteiger partial charge on any atom is -0.478 e. The summed E-state index contributed by atoms with van der Waals surface area (Å²) in [6, 6.07) is 5.68. The van der Waals surface area contributed by atoms with E-state index in [1.165, 1.54) is 6.08 Å². The molecular formula is C15H18ClNO3. The zero-order valence-corrected chi connectivity index (χ0v) is 12.1. The Morgan fingerprint density at radius 2 is 2.40 bits per heavy atom. The molecule has 0 saturated carbocycles. The maximum atomic E-state index is 10.5. The third-order valence-corrected chi connectivity index (χ3v) is 3.68. The second kappa shape index (κ2) is 6.77. The minimum atomic E-state index is -0.982. The van der Waals surface area contributed by atoms with Gasteiger partial charge in [0.1, 0.15) is 0 Å². The molecule has 0 radical (unpaired) electrons. The summed E-state index contributed by atoms with van der Waals surface area (Å²) in [4.78, 5) is 12.8. The van der Waals surface area contributed by atoms with Crippen molar-refractivity contribution in [3.63, 3.8) is 0 Å². The summed E-state index contributed by atoms with van der Waals surface area (Å²) in [6.07, 6.45) is 3.84. The number of anilines is 1. The Morgan fingerprint density at radius 3 is 3.05 bits per heavy atom. The molecule has 0 aromatic heterocycles. The van der Waals surface area contributed by atoms with Crippen molar-refractivity contribution in [3.05, 3.63) is 34.9 Å². The van der Waals surface area contributed by atoms with Crippen molar-refractivity contribution < 1.29 is 14.6 Å². The maximum Gasteiger partial charge on any atom is 0.328 e. The molecule has 1 N–H and O–H groups in total. The van der Waals surface area contributed by atoms with Crippen LogP contribution < -0.4 is 4.90 Å². The van der Waals surface area contributed by atoms with Crippen LogP contribution in [-0.2, 0) is 9.53 Å². The van der Waals surface area contributed by atoms with Gasteiger partial charge in [-0.25, -0.2) is 4.79 Å². The number of morpholine rings is 1. The molecule has 0 aliphatic carbocycles. The second-order valence-electron chi connectivity index (χ2n) is 4.72. The Hall–Kier alpha value is -1.52. The van der Waals surface area contributed by atoms with Crippen LogP contribution in [0.2, 0.25) is 5.02 Å². The quantitative estimate of drug-likeness (QED) is 0.868. The van der Waals surface area contributed by atoms with E-state index in [0.29, 0.717) is 10.6 Å². The van der Waals surface area contributed by atoms with E-state index >= 15 is 0 Å². The lowest BCUT2D eigenvalue weighted by Crippen LogP contribution is -2.42. The molecule has 1 fully saturated rings. The summed E-state index contributed by atoms with van der Waals surface area (Å²) in [5.41, 5.74) is 1.75. The van der Waals surface area contributed by atoms with Gasteiger partial charge >= 0.3 is 5.97 Å². The lowest BCUT2D eigenvalue weighted by Gasteiger charge is -2.34. The molecular weight excluding hydrogens is 278 g/mol. The molecule has 4 nitrogen and oxygen atoms in total. The van der Waals surface area contributed by atoms with Crippen LogP contribution in [0, 0.1) is 0 Å². The van der Waals surface area contributed by atoms with E-state index in [0.717, 1.165) is 37.9 Å². The monoisotopic (exact) mass is 295 g/mol. The first-order chi connectivity index (χ1) is 9.60. The number of ether oxygens (including phenoxy) is 1. The SMILES string of the molecule is CCC1CN(c2ccc(/C=C/C(=O)O)c(Cl)c2)CCO1. The van der Waals surface area contributed by atoms with Crippen LogP contribution in [0.15, 0.2) is 24.3 Å². The maximum absolute atomic E-state index is 10.5. The summed E-state index contributed by atoms with van der Waals surface area (Å²) in [5.74, 6) is -0.982. The first kappa shape index (κ1) is 14.9. The summed E-state index contributed by atoms with van der Waals surface area (Å²) >= 11 is 6.20. The fourth-order valence-electron chi connectivity index (χ4n) is 2.21. The highest BCUT2D eigenvalue weighted by atomic mass is 35.5. The van der Waals surface area contributed by atoms with Crippen molar-refractivity contribution in [1.29, 1.82) is 0 Å². The van der Waals surface area contributed by atoms with Crippen molar-refractivity contribution in [2.24, 2.45) is 0 Å². The Labute approximate surface area is 123 Å². The first-order valence-corrected chi connectivity index (χ1v) is 7.05. The number of carbonyl (C=O) groups is 1. The largest absolute Gasteiger partial charge is 0.478 e. The molecule has 2 rings (SSSR count). The van der Waals surface area contributed by atoms with Crippen LogP contribution >= 0.6 is 11.6 Å². The molecule has 0 spiro atoms. The standard InChI is InChI=1S/C15H18ClNO3/c1-2-13-10-17(7-8-20-13)12-5-3-11(14(16)9-12)4-6-15(18)19/h3-6,9,13H,2,7-8,10H2,1H3,(H,18,19)/b6-4+. The van der Waals surface area contributed by atoms with Gasteiger partial charge in [0, 0.05) is 29.9 Å². The number of rotatable bonds is 4. The van der Waals surface area contributed by atoms with Crippen LogP contribution in [0.5, 0.6) is 0 Å². The zero-order chi connectivity index (χ0) is 14.5.